The fraction of sp³-hybridized carbons (Fsp3) is 0.312. The van der Waals surface area contributed by atoms with Crippen LogP contribution < -0.4 is 15.8 Å². The topological polar surface area (TPSA) is 70.2 Å². The lowest BCUT2D eigenvalue weighted by Crippen LogP contribution is -2.39. The molecule has 0 bridgehead atoms. The second kappa shape index (κ2) is 11.7. The van der Waals surface area contributed by atoms with Crippen LogP contribution in [-0.2, 0) is 4.74 Å². The molecule has 3 atom stereocenters. The highest BCUT2D eigenvalue weighted by Gasteiger charge is 2.29. The molecule has 2 N–H and O–H groups in total. The van der Waals surface area contributed by atoms with Crippen molar-refractivity contribution in [3.05, 3.63) is 100 Å². The highest BCUT2D eigenvalue weighted by atomic mass is 32.2. The van der Waals surface area contributed by atoms with Crippen LogP contribution in [0.1, 0.15) is 49.2 Å². The lowest BCUT2D eigenvalue weighted by atomic mass is 9.95. The standard InChI is InChI=1S/C32H34N4O2S2/c1-4-21(3)31(25-10-8-20(2)18-34-25)35-22-9-11-27-29(16-22)39-28-7-5-6-24(32(28)40-27)26-19-36(14-15-38-26)23-12-13-33-30(37)17-23/h5-13,16-18,21,26,31,35H,4,14-15,19H2,1-3H3,(H,33,37). The molecule has 206 valence electrons. The minimum atomic E-state index is -0.0827. The van der Waals surface area contributed by atoms with Crippen molar-refractivity contribution >= 4 is 34.9 Å². The summed E-state index contributed by atoms with van der Waals surface area (Å²) in [5, 5.41) is 3.79. The second-order valence-corrected chi connectivity index (χ2v) is 12.7. The molecule has 2 aliphatic heterocycles. The molecular weight excluding hydrogens is 537 g/mol. The van der Waals surface area contributed by atoms with Gasteiger partial charge in [0.2, 0.25) is 5.56 Å². The molecule has 1 saturated heterocycles. The molecule has 2 aromatic carbocycles. The van der Waals surface area contributed by atoms with Gasteiger partial charge in [-0.05, 0) is 60.4 Å². The van der Waals surface area contributed by atoms with Gasteiger partial charge >= 0.3 is 0 Å². The number of aryl methyl sites for hydroxylation is 1. The molecule has 1 fully saturated rings. The third-order valence-corrected chi connectivity index (χ3v) is 10.3. The Kier molecular flexibility index (Phi) is 7.91. The summed E-state index contributed by atoms with van der Waals surface area (Å²) in [5.74, 6) is 0.445. The van der Waals surface area contributed by atoms with Gasteiger partial charge in [-0.2, -0.15) is 0 Å². The molecule has 0 amide bonds. The van der Waals surface area contributed by atoms with Gasteiger partial charge < -0.3 is 19.9 Å². The van der Waals surface area contributed by atoms with Gasteiger partial charge in [-0.1, -0.05) is 62.0 Å². The third kappa shape index (κ3) is 5.66. The van der Waals surface area contributed by atoms with Crippen molar-refractivity contribution in [1.82, 2.24) is 9.97 Å². The van der Waals surface area contributed by atoms with E-state index in [1.54, 1.807) is 12.3 Å². The van der Waals surface area contributed by atoms with Gasteiger partial charge in [0.15, 0.2) is 0 Å². The quantitative estimate of drug-likeness (QED) is 0.210. The molecule has 0 saturated carbocycles. The molecule has 6 rings (SSSR count). The van der Waals surface area contributed by atoms with E-state index in [4.69, 9.17) is 9.72 Å². The van der Waals surface area contributed by atoms with Crippen LogP contribution in [0, 0.1) is 12.8 Å². The van der Waals surface area contributed by atoms with Crippen LogP contribution in [0.15, 0.2) is 97.4 Å². The van der Waals surface area contributed by atoms with Crippen LogP contribution >= 0.6 is 23.5 Å². The van der Waals surface area contributed by atoms with Crippen molar-refractivity contribution in [3.63, 3.8) is 0 Å². The molecule has 2 aromatic heterocycles. The summed E-state index contributed by atoms with van der Waals surface area (Å²) >= 11 is 3.65. The maximum absolute atomic E-state index is 11.9. The van der Waals surface area contributed by atoms with Crippen molar-refractivity contribution in [2.75, 3.05) is 29.9 Å². The second-order valence-electron chi connectivity index (χ2n) is 10.5. The zero-order valence-electron chi connectivity index (χ0n) is 23.0. The Hall–Kier alpha value is -3.20. The van der Waals surface area contributed by atoms with Crippen molar-refractivity contribution in [2.24, 2.45) is 5.92 Å². The van der Waals surface area contributed by atoms with E-state index in [9.17, 15) is 4.79 Å². The van der Waals surface area contributed by atoms with Gasteiger partial charge in [0.25, 0.3) is 0 Å². The largest absolute Gasteiger partial charge is 0.376 e. The van der Waals surface area contributed by atoms with E-state index < -0.39 is 0 Å². The first kappa shape index (κ1) is 27.0. The molecule has 2 aliphatic rings. The normalized spacial score (nSPS) is 18.0. The summed E-state index contributed by atoms with van der Waals surface area (Å²) in [6, 6.07) is 21.3. The number of nitrogens with zero attached hydrogens (tertiary/aromatic N) is 2. The number of aromatic amines is 1. The van der Waals surface area contributed by atoms with E-state index in [0.717, 1.165) is 30.0 Å². The molecule has 0 aliphatic carbocycles. The van der Waals surface area contributed by atoms with Crippen molar-refractivity contribution in [3.8, 4) is 0 Å². The average Bonchev–Trinajstić information content (AvgIpc) is 2.98. The van der Waals surface area contributed by atoms with Gasteiger partial charge in [-0.15, -0.1) is 0 Å². The van der Waals surface area contributed by atoms with Crippen LogP contribution in [-0.4, -0.2) is 29.7 Å². The summed E-state index contributed by atoms with van der Waals surface area (Å²) in [6.45, 7) is 8.69. The first-order valence-corrected chi connectivity index (χ1v) is 15.5. The van der Waals surface area contributed by atoms with E-state index in [2.05, 4.69) is 84.5 Å². The van der Waals surface area contributed by atoms with Gasteiger partial charge in [0.1, 0.15) is 6.10 Å². The fourth-order valence-corrected chi connectivity index (χ4v) is 7.70. The Morgan fingerprint density at radius 1 is 1.10 bits per heavy atom. The number of hydrogen-bond donors (Lipinski definition) is 2. The highest BCUT2D eigenvalue weighted by Crippen LogP contribution is 2.52. The number of rotatable bonds is 7. The van der Waals surface area contributed by atoms with Gasteiger partial charge in [-0.25, -0.2) is 0 Å². The van der Waals surface area contributed by atoms with Crippen LogP contribution in [0.5, 0.6) is 0 Å². The number of nitrogens with one attached hydrogen (secondary N) is 2. The summed E-state index contributed by atoms with van der Waals surface area (Å²) in [7, 11) is 0. The average molecular weight is 571 g/mol. The van der Waals surface area contributed by atoms with Gasteiger partial charge in [0.05, 0.1) is 18.3 Å². The van der Waals surface area contributed by atoms with Crippen LogP contribution in [0.25, 0.3) is 0 Å². The maximum Gasteiger partial charge on any atom is 0.249 e. The van der Waals surface area contributed by atoms with Crippen molar-refractivity contribution < 1.29 is 4.74 Å². The van der Waals surface area contributed by atoms with Crippen molar-refractivity contribution in [2.45, 2.75) is 58.9 Å². The SMILES string of the molecule is CCC(C)C(Nc1ccc2c(c1)Sc1cccc(C3CN(c4cc[nH]c(=O)c4)CCO3)c1S2)c1ccc(C)cn1. The third-order valence-electron chi connectivity index (χ3n) is 7.71. The number of hydrogen-bond acceptors (Lipinski definition) is 7. The van der Waals surface area contributed by atoms with E-state index >= 15 is 0 Å². The van der Waals surface area contributed by atoms with Gasteiger partial charge in [-0.3, -0.25) is 9.78 Å². The molecular formula is C32H34N4O2S2. The number of morpholine rings is 1. The number of ether oxygens (including phenoxy) is 1. The number of anilines is 2. The van der Waals surface area contributed by atoms with Crippen LogP contribution in [0.3, 0.4) is 0 Å². The predicted molar refractivity (Wildman–Crippen MR) is 164 cm³/mol. The predicted octanol–water partition coefficient (Wildman–Crippen LogP) is 7.47. The molecule has 8 heteroatoms. The zero-order valence-corrected chi connectivity index (χ0v) is 24.6. The highest BCUT2D eigenvalue weighted by molar-refractivity contribution is 8.05. The Bertz CT molecular complexity index is 1560. The summed E-state index contributed by atoms with van der Waals surface area (Å²) in [5.41, 5.74) is 5.43. The molecule has 4 aromatic rings. The minimum absolute atomic E-state index is 0.0584. The van der Waals surface area contributed by atoms with E-state index in [1.807, 2.05) is 35.8 Å². The maximum atomic E-state index is 11.9. The first-order valence-electron chi connectivity index (χ1n) is 13.9. The van der Waals surface area contributed by atoms with Crippen LogP contribution in [0.2, 0.25) is 0 Å². The van der Waals surface area contributed by atoms with Crippen molar-refractivity contribution in [1.29, 1.82) is 0 Å². The molecule has 3 unspecified atom stereocenters. The Morgan fingerprint density at radius 2 is 2.00 bits per heavy atom. The number of H-pyrrole nitrogens is 1. The molecule has 0 radical (unpaired) electrons. The number of pyridine rings is 2. The molecule has 4 heterocycles. The van der Waals surface area contributed by atoms with E-state index in [0.29, 0.717) is 19.1 Å². The Labute approximate surface area is 244 Å². The number of benzene rings is 2. The lowest BCUT2D eigenvalue weighted by molar-refractivity contribution is 0.0379. The Balaban J connectivity index is 1.23. The molecule has 6 nitrogen and oxygen atoms in total. The molecule has 0 spiro atoms. The zero-order chi connectivity index (χ0) is 27.6. The monoisotopic (exact) mass is 570 g/mol. The minimum Gasteiger partial charge on any atom is -0.376 e. The summed E-state index contributed by atoms with van der Waals surface area (Å²) in [4.78, 5) is 26.6. The van der Waals surface area contributed by atoms with Gasteiger partial charge in [0, 0.05) is 62.5 Å². The fourth-order valence-electron chi connectivity index (χ4n) is 5.25. The Morgan fingerprint density at radius 3 is 2.80 bits per heavy atom. The lowest BCUT2D eigenvalue weighted by Gasteiger charge is -2.36. The smallest absolute Gasteiger partial charge is 0.249 e. The molecule has 40 heavy (non-hydrogen) atoms. The number of fused-ring (bicyclic) bond motifs is 2. The number of aromatic nitrogens is 2. The summed E-state index contributed by atoms with van der Waals surface area (Å²) < 4.78 is 6.28. The van der Waals surface area contributed by atoms with E-state index in [1.165, 1.54) is 30.7 Å². The van der Waals surface area contributed by atoms with E-state index in [-0.39, 0.29) is 17.7 Å². The summed E-state index contributed by atoms with van der Waals surface area (Å²) in [6.07, 6.45) is 4.67. The van der Waals surface area contributed by atoms with Crippen LogP contribution in [0.4, 0.5) is 11.4 Å². The first-order chi connectivity index (χ1) is 19.5.